The van der Waals surface area contributed by atoms with Crippen molar-refractivity contribution in [2.45, 2.75) is 6.42 Å². The first-order valence-electron chi connectivity index (χ1n) is 5.69. The molecule has 0 amide bonds. The second-order valence-electron chi connectivity index (χ2n) is 4.12. The van der Waals surface area contributed by atoms with Crippen molar-refractivity contribution in [1.82, 2.24) is 0 Å². The van der Waals surface area contributed by atoms with Crippen molar-refractivity contribution in [2.24, 2.45) is 0 Å². The molecule has 0 aliphatic rings. The Hall–Kier alpha value is -1.91. The standard InChI is InChI=1S/C14H9Cl2NO3/c15-12-3-1-2-11(14(12)16)13(18)8-9-4-6-10(7-5-9)17(19)20/h1-7H,8H2. The normalized spacial score (nSPS) is 10.3. The summed E-state index contributed by atoms with van der Waals surface area (Å²) < 4.78 is 0. The third-order valence-electron chi connectivity index (χ3n) is 2.76. The Morgan fingerprint density at radius 1 is 1.10 bits per heavy atom. The minimum atomic E-state index is -0.487. The van der Waals surface area contributed by atoms with Crippen LogP contribution in [-0.2, 0) is 6.42 Å². The molecule has 0 saturated heterocycles. The van der Waals surface area contributed by atoms with E-state index in [4.69, 9.17) is 23.2 Å². The number of hydrogen-bond acceptors (Lipinski definition) is 3. The summed E-state index contributed by atoms with van der Waals surface area (Å²) in [5, 5.41) is 11.1. The van der Waals surface area contributed by atoms with E-state index in [1.54, 1.807) is 30.3 Å². The second-order valence-corrected chi connectivity index (χ2v) is 4.91. The van der Waals surface area contributed by atoms with Crippen LogP contribution >= 0.6 is 23.2 Å². The molecule has 0 saturated carbocycles. The molecule has 0 spiro atoms. The molecule has 0 N–H and O–H groups in total. The highest BCUT2D eigenvalue weighted by Gasteiger charge is 2.14. The van der Waals surface area contributed by atoms with Crippen molar-refractivity contribution >= 4 is 34.7 Å². The van der Waals surface area contributed by atoms with Gasteiger partial charge >= 0.3 is 0 Å². The Labute approximate surface area is 125 Å². The first-order valence-corrected chi connectivity index (χ1v) is 6.45. The minimum absolute atomic E-state index is 0.0120. The van der Waals surface area contributed by atoms with Crippen molar-refractivity contribution in [3.63, 3.8) is 0 Å². The number of non-ortho nitro benzene ring substituents is 1. The first kappa shape index (κ1) is 14.5. The van der Waals surface area contributed by atoms with Crippen molar-refractivity contribution < 1.29 is 9.72 Å². The van der Waals surface area contributed by atoms with Crippen LogP contribution in [0.1, 0.15) is 15.9 Å². The van der Waals surface area contributed by atoms with Gasteiger partial charge in [-0.05, 0) is 17.7 Å². The van der Waals surface area contributed by atoms with Crippen LogP contribution < -0.4 is 0 Å². The molecule has 0 heterocycles. The highest BCUT2D eigenvalue weighted by molar-refractivity contribution is 6.43. The quantitative estimate of drug-likeness (QED) is 0.480. The van der Waals surface area contributed by atoms with Gasteiger partial charge in [-0.25, -0.2) is 0 Å². The number of ketones is 1. The van der Waals surface area contributed by atoms with Gasteiger partial charge in [0.1, 0.15) is 0 Å². The molecule has 102 valence electrons. The smallest absolute Gasteiger partial charge is 0.269 e. The molecule has 2 aromatic rings. The number of benzene rings is 2. The number of Topliss-reactive ketones (excluding diaryl/α,β-unsaturated/α-hetero) is 1. The lowest BCUT2D eigenvalue weighted by Gasteiger charge is -2.05. The summed E-state index contributed by atoms with van der Waals surface area (Å²) in [7, 11) is 0. The fourth-order valence-electron chi connectivity index (χ4n) is 1.74. The minimum Gasteiger partial charge on any atom is -0.294 e. The van der Waals surface area contributed by atoms with Gasteiger partial charge in [0.05, 0.1) is 15.0 Å². The number of nitro benzene ring substituents is 1. The molecule has 0 fully saturated rings. The van der Waals surface area contributed by atoms with E-state index in [0.717, 1.165) is 0 Å². The lowest BCUT2D eigenvalue weighted by molar-refractivity contribution is -0.384. The average molecular weight is 310 g/mol. The van der Waals surface area contributed by atoms with Gasteiger partial charge in [0.2, 0.25) is 0 Å². The maximum Gasteiger partial charge on any atom is 0.269 e. The van der Waals surface area contributed by atoms with E-state index in [1.807, 2.05) is 0 Å². The van der Waals surface area contributed by atoms with Gasteiger partial charge in [-0.15, -0.1) is 0 Å². The van der Waals surface area contributed by atoms with E-state index in [9.17, 15) is 14.9 Å². The van der Waals surface area contributed by atoms with Gasteiger partial charge in [0.25, 0.3) is 5.69 Å². The lowest BCUT2D eigenvalue weighted by Crippen LogP contribution is -2.04. The Balaban J connectivity index is 2.19. The van der Waals surface area contributed by atoms with E-state index >= 15 is 0 Å². The molecule has 20 heavy (non-hydrogen) atoms. The molecule has 0 aromatic heterocycles. The molecule has 0 unspecified atom stereocenters. The van der Waals surface area contributed by atoms with Gasteiger partial charge in [-0.2, -0.15) is 0 Å². The Kier molecular flexibility index (Phi) is 4.37. The second kappa shape index (κ2) is 6.03. The van der Waals surface area contributed by atoms with Crippen LogP contribution in [0.4, 0.5) is 5.69 Å². The molecule has 6 heteroatoms. The molecule has 0 radical (unpaired) electrons. The first-order chi connectivity index (χ1) is 9.49. The maximum absolute atomic E-state index is 12.1. The van der Waals surface area contributed by atoms with Crippen molar-refractivity contribution in [3.8, 4) is 0 Å². The highest BCUT2D eigenvalue weighted by Crippen LogP contribution is 2.26. The zero-order chi connectivity index (χ0) is 14.7. The predicted molar refractivity (Wildman–Crippen MR) is 77.6 cm³/mol. The molecule has 0 atom stereocenters. The molecule has 0 bridgehead atoms. The van der Waals surface area contributed by atoms with E-state index in [2.05, 4.69) is 0 Å². The molecular formula is C14H9Cl2NO3. The SMILES string of the molecule is O=C(Cc1ccc([N+](=O)[O-])cc1)c1cccc(Cl)c1Cl. The summed E-state index contributed by atoms with van der Waals surface area (Å²) in [5.41, 5.74) is 1.01. The fraction of sp³-hybridized carbons (Fsp3) is 0.0714. The van der Waals surface area contributed by atoms with Crippen LogP contribution in [0.3, 0.4) is 0 Å². The van der Waals surface area contributed by atoms with Gasteiger partial charge < -0.3 is 0 Å². The molecular weight excluding hydrogens is 301 g/mol. The third kappa shape index (κ3) is 3.15. The van der Waals surface area contributed by atoms with Crippen LogP contribution in [0.2, 0.25) is 10.0 Å². The number of hydrogen-bond donors (Lipinski definition) is 0. The topological polar surface area (TPSA) is 60.2 Å². The van der Waals surface area contributed by atoms with E-state index < -0.39 is 4.92 Å². The van der Waals surface area contributed by atoms with Crippen LogP contribution in [-0.4, -0.2) is 10.7 Å². The Morgan fingerprint density at radius 2 is 1.75 bits per heavy atom. The van der Waals surface area contributed by atoms with Crippen LogP contribution in [0.25, 0.3) is 0 Å². The van der Waals surface area contributed by atoms with E-state index in [-0.39, 0.29) is 22.9 Å². The molecule has 0 aliphatic heterocycles. The Bertz CT molecular complexity index is 669. The third-order valence-corrected chi connectivity index (χ3v) is 3.58. The number of nitrogens with zero attached hydrogens (tertiary/aromatic N) is 1. The summed E-state index contributed by atoms with van der Waals surface area (Å²) in [6, 6.07) is 10.7. The monoisotopic (exact) mass is 309 g/mol. The van der Waals surface area contributed by atoms with Crippen LogP contribution in [0.15, 0.2) is 42.5 Å². The number of carbonyl (C=O) groups is 1. The Morgan fingerprint density at radius 3 is 2.35 bits per heavy atom. The largest absolute Gasteiger partial charge is 0.294 e. The predicted octanol–water partition coefficient (Wildman–Crippen LogP) is 4.33. The van der Waals surface area contributed by atoms with Crippen LogP contribution in [0, 0.1) is 10.1 Å². The zero-order valence-electron chi connectivity index (χ0n) is 10.2. The average Bonchev–Trinajstić information content (AvgIpc) is 2.42. The van der Waals surface area contributed by atoms with Gasteiger partial charge in [0.15, 0.2) is 5.78 Å². The highest BCUT2D eigenvalue weighted by atomic mass is 35.5. The number of carbonyl (C=O) groups excluding carboxylic acids is 1. The summed E-state index contributed by atoms with van der Waals surface area (Å²) in [6.07, 6.45) is 0.109. The van der Waals surface area contributed by atoms with Crippen molar-refractivity contribution in [3.05, 3.63) is 73.8 Å². The van der Waals surface area contributed by atoms with Crippen molar-refractivity contribution in [1.29, 1.82) is 0 Å². The lowest BCUT2D eigenvalue weighted by atomic mass is 10.0. The van der Waals surface area contributed by atoms with E-state index in [0.29, 0.717) is 16.1 Å². The van der Waals surface area contributed by atoms with Crippen LogP contribution in [0.5, 0.6) is 0 Å². The van der Waals surface area contributed by atoms with Gasteiger partial charge in [-0.1, -0.05) is 41.4 Å². The van der Waals surface area contributed by atoms with Gasteiger partial charge in [0, 0.05) is 24.1 Å². The van der Waals surface area contributed by atoms with E-state index in [1.165, 1.54) is 12.1 Å². The molecule has 0 aliphatic carbocycles. The maximum atomic E-state index is 12.1. The molecule has 2 rings (SSSR count). The van der Waals surface area contributed by atoms with Crippen molar-refractivity contribution in [2.75, 3.05) is 0 Å². The summed E-state index contributed by atoms with van der Waals surface area (Å²) in [6.45, 7) is 0. The zero-order valence-corrected chi connectivity index (χ0v) is 11.7. The molecule has 4 nitrogen and oxygen atoms in total. The summed E-state index contributed by atoms with van der Waals surface area (Å²) in [4.78, 5) is 22.2. The fourth-order valence-corrected chi connectivity index (χ4v) is 2.14. The summed E-state index contributed by atoms with van der Waals surface area (Å²) in [5.74, 6) is -0.189. The summed E-state index contributed by atoms with van der Waals surface area (Å²) >= 11 is 11.8. The number of nitro groups is 1. The van der Waals surface area contributed by atoms with Gasteiger partial charge in [-0.3, -0.25) is 14.9 Å². The number of rotatable bonds is 4. The molecule has 2 aromatic carbocycles. The number of halogens is 2.